The van der Waals surface area contributed by atoms with Crippen LogP contribution in [0.3, 0.4) is 0 Å². The minimum Gasteiger partial charge on any atom is -0.398 e. The first kappa shape index (κ1) is 12.5. The Labute approximate surface area is 93.9 Å². The second-order valence-electron chi connectivity index (χ2n) is 3.46. The fourth-order valence-corrected chi connectivity index (χ4v) is 2.00. The second kappa shape index (κ2) is 4.11. The lowest BCUT2D eigenvalue weighted by molar-refractivity contribution is 0.0825. The third kappa shape index (κ3) is 2.31. The van der Waals surface area contributed by atoms with E-state index in [1.54, 1.807) is 0 Å². The van der Waals surface area contributed by atoms with Crippen LogP contribution in [-0.4, -0.2) is 33.3 Å². The van der Waals surface area contributed by atoms with Gasteiger partial charge in [-0.3, -0.25) is 4.79 Å². The fraction of sp³-hybridized carbons (Fsp3) is 0.222. The number of hydrogen-bond donors (Lipinski definition) is 2. The topological polar surface area (TPSA) is 106 Å². The van der Waals surface area contributed by atoms with Crippen LogP contribution in [0.4, 0.5) is 5.69 Å². The highest BCUT2D eigenvalue weighted by molar-refractivity contribution is 7.89. The van der Waals surface area contributed by atoms with Gasteiger partial charge in [-0.25, -0.2) is 13.6 Å². The van der Waals surface area contributed by atoms with E-state index in [1.165, 1.54) is 37.2 Å². The molecule has 4 N–H and O–H groups in total. The van der Waals surface area contributed by atoms with E-state index >= 15 is 0 Å². The number of anilines is 1. The van der Waals surface area contributed by atoms with Crippen molar-refractivity contribution in [1.29, 1.82) is 0 Å². The van der Waals surface area contributed by atoms with Crippen molar-refractivity contribution < 1.29 is 13.2 Å². The van der Waals surface area contributed by atoms with Gasteiger partial charge in [-0.05, 0) is 12.1 Å². The van der Waals surface area contributed by atoms with Crippen molar-refractivity contribution in [3.05, 3.63) is 23.8 Å². The molecule has 0 bridgehead atoms. The number of carbonyl (C=O) groups is 1. The summed E-state index contributed by atoms with van der Waals surface area (Å²) in [6.07, 6.45) is 0. The van der Waals surface area contributed by atoms with Crippen molar-refractivity contribution in [1.82, 2.24) is 4.90 Å². The lowest BCUT2D eigenvalue weighted by Crippen LogP contribution is -2.26. The minimum atomic E-state index is -3.96. The first-order valence-electron chi connectivity index (χ1n) is 4.38. The predicted molar refractivity (Wildman–Crippen MR) is 60.2 cm³/mol. The normalized spacial score (nSPS) is 11.2. The third-order valence-corrected chi connectivity index (χ3v) is 2.94. The summed E-state index contributed by atoms with van der Waals surface area (Å²) in [5.74, 6) is -0.498. The summed E-state index contributed by atoms with van der Waals surface area (Å²) in [6, 6.07) is 4.13. The van der Waals surface area contributed by atoms with Gasteiger partial charge in [0.25, 0.3) is 5.91 Å². The quantitative estimate of drug-likeness (QED) is 0.690. The lowest BCUT2D eigenvalue weighted by atomic mass is 10.1. The number of rotatable bonds is 2. The Kier molecular flexibility index (Phi) is 3.20. The van der Waals surface area contributed by atoms with Crippen LogP contribution in [0.1, 0.15) is 10.4 Å². The average molecular weight is 243 g/mol. The lowest BCUT2D eigenvalue weighted by Gasteiger charge is -2.14. The van der Waals surface area contributed by atoms with Crippen molar-refractivity contribution >= 4 is 21.6 Å². The molecule has 6 nitrogen and oxygen atoms in total. The van der Waals surface area contributed by atoms with Gasteiger partial charge < -0.3 is 10.6 Å². The summed E-state index contributed by atoms with van der Waals surface area (Å²) in [4.78, 5) is 12.7. The molecule has 0 radical (unpaired) electrons. The molecule has 1 aromatic rings. The number of nitrogens with two attached hydrogens (primary N) is 2. The molecule has 16 heavy (non-hydrogen) atoms. The van der Waals surface area contributed by atoms with Crippen LogP contribution >= 0.6 is 0 Å². The Morgan fingerprint density at radius 2 is 1.88 bits per heavy atom. The molecule has 0 saturated heterocycles. The Bertz CT molecular complexity index is 523. The molecule has 0 aliphatic rings. The summed E-state index contributed by atoms with van der Waals surface area (Å²) in [5, 5.41) is 5.01. The molecule has 88 valence electrons. The van der Waals surface area contributed by atoms with Gasteiger partial charge in [0.05, 0.1) is 10.5 Å². The molecule has 0 aliphatic carbocycles. The van der Waals surface area contributed by atoms with Gasteiger partial charge in [-0.15, -0.1) is 0 Å². The van der Waals surface area contributed by atoms with E-state index in [0.29, 0.717) is 0 Å². The fourth-order valence-electron chi connectivity index (χ4n) is 1.24. The van der Waals surface area contributed by atoms with Crippen molar-refractivity contribution in [2.24, 2.45) is 5.14 Å². The molecular formula is C9H13N3O3S. The maximum atomic E-state index is 11.8. The van der Waals surface area contributed by atoms with Gasteiger partial charge in [0.2, 0.25) is 10.0 Å². The molecular weight excluding hydrogens is 230 g/mol. The van der Waals surface area contributed by atoms with Crippen molar-refractivity contribution in [3.8, 4) is 0 Å². The number of carbonyl (C=O) groups excluding carboxylic acids is 1. The first-order chi connectivity index (χ1) is 7.25. The van der Waals surface area contributed by atoms with Crippen LogP contribution in [0, 0.1) is 0 Å². The average Bonchev–Trinajstić information content (AvgIpc) is 2.14. The number of nitrogen functional groups attached to an aromatic ring is 1. The van der Waals surface area contributed by atoms with Crippen LogP contribution in [0.15, 0.2) is 23.1 Å². The number of amides is 1. The van der Waals surface area contributed by atoms with Gasteiger partial charge in [-0.1, -0.05) is 6.07 Å². The van der Waals surface area contributed by atoms with Gasteiger partial charge in [-0.2, -0.15) is 0 Å². The summed E-state index contributed by atoms with van der Waals surface area (Å²) < 4.78 is 22.6. The summed E-state index contributed by atoms with van der Waals surface area (Å²) in [5.41, 5.74) is 5.59. The zero-order valence-corrected chi connectivity index (χ0v) is 9.78. The van der Waals surface area contributed by atoms with E-state index in [-0.39, 0.29) is 16.1 Å². The Balaban J connectivity index is 3.54. The van der Waals surface area contributed by atoms with Crippen LogP contribution in [0.5, 0.6) is 0 Å². The summed E-state index contributed by atoms with van der Waals surface area (Å²) >= 11 is 0. The molecule has 1 amide bonds. The highest BCUT2D eigenvalue weighted by atomic mass is 32.2. The summed E-state index contributed by atoms with van der Waals surface area (Å²) in [7, 11) is -0.959. The molecule has 0 heterocycles. The van der Waals surface area contributed by atoms with Crippen LogP contribution in [0.2, 0.25) is 0 Å². The van der Waals surface area contributed by atoms with E-state index < -0.39 is 15.9 Å². The van der Waals surface area contributed by atoms with Crippen molar-refractivity contribution in [3.63, 3.8) is 0 Å². The number of hydrogen-bond acceptors (Lipinski definition) is 4. The smallest absolute Gasteiger partial charge is 0.256 e. The van der Waals surface area contributed by atoms with E-state index in [2.05, 4.69) is 0 Å². The minimum absolute atomic E-state index is 0.0880. The highest BCUT2D eigenvalue weighted by Crippen LogP contribution is 2.21. The number of nitrogens with zero attached hydrogens (tertiary/aromatic N) is 1. The summed E-state index contributed by atoms with van der Waals surface area (Å²) in [6.45, 7) is 0. The van der Waals surface area contributed by atoms with E-state index in [4.69, 9.17) is 10.9 Å². The Hall–Kier alpha value is -1.60. The highest BCUT2D eigenvalue weighted by Gasteiger charge is 2.22. The predicted octanol–water partition coefficient (Wildman–Crippen LogP) is -0.382. The zero-order chi connectivity index (χ0) is 12.5. The van der Waals surface area contributed by atoms with E-state index in [0.717, 1.165) is 0 Å². The largest absolute Gasteiger partial charge is 0.398 e. The molecule has 1 aromatic carbocycles. The van der Waals surface area contributed by atoms with E-state index in [1.807, 2.05) is 0 Å². The van der Waals surface area contributed by atoms with Crippen molar-refractivity contribution in [2.75, 3.05) is 19.8 Å². The van der Waals surface area contributed by atoms with Gasteiger partial charge >= 0.3 is 0 Å². The molecule has 1 rings (SSSR count). The molecule has 0 atom stereocenters. The maximum Gasteiger partial charge on any atom is 0.256 e. The van der Waals surface area contributed by atoms with Gasteiger partial charge in [0.15, 0.2) is 0 Å². The Morgan fingerprint density at radius 3 is 2.31 bits per heavy atom. The second-order valence-corrected chi connectivity index (χ2v) is 4.99. The van der Waals surface area contributed by atoms with Crippen molar-refractivity contribution in [2.45, 2.75) is 4.90 Å². The number of benzene rings is 1. The number of primary sulfonamides is 1. The SMILES string of the molecule is CN(C)C(=O)c1c(N)cccc1S(N)(=O)=O. The Morgan fingerprint density at radius 1 is 1.31 bits per heavy atom. The van der Waals surface area contributed by atoms with E-state index in [9.17, 15) is 13.2 Å². The third-order valence-electron chi connectivity index (χ3n) is 1.99. The first-order valence-corrected chi connectivity index (χ1v) is 5.92. The van der Waals surface area contributed by atoms with Gasteiger partial charge in [0, 0.05) is 19.8 Å². The molecule has 0 unspecified atom stereocenters. The molecule has 0 aliphatic heterocycles. The standard InChI is InChI=1S/C9H13N3O3S/c1-12(2)9(13)8-6(10)4-3-5-7(8)16(11,14)15/h3-5H,10H2,1-2H3,(H2,11,14,15). The van der Waals surface area contributed by atoms with Crippen LogP contribution in [-0.2, 0) is 10.0 Å². The molecule has 7 heteroatoms. The molecule has 0 saturated carbocycles. The molecule has 0 spiro atoms. The monoisotopic (exact) mass is 243 g/mol. The molecule has 0 fully saturated rings. The van der Waals surface area contributed by atoms with Gasteiger partial charge in [0.1, 0.15) is 0 Å². The van der Waals surface area contributed by atoms with Crippen LogP contribution < -0.4 is 10.9 Å². The molecule has 0 aromatic heterocycles. The zero-order valence-electron chi connectivity index (χ0n) is 8.97. The maximum absolute atomic E-state index is 11.8. The number of sulfonamides is 1. The van der Waals surface area contributed by atoms with Crippen LogP contribution in [0.25, 0.3) is 0 Å².